The molecule has 0 aromatic heterocycles. The van der Waals surface area contributed by atoms with E-state index >= 15 is 0 Å². The van der Waals surface area contributed by atoms with Gasteiger partial charge in [0.05, 0.1) is 0 Å². The van der Waals surface area contributed by atoms with E-state index in [0.717, 1.165) is 0 Å². The summed E-state index contributed by atoms with van der Waals surface area (Å²) in [6, 6.07) is 5.50. The highest BCUT2D eigenvalue weighted by Crippen LogP contribution is 2.22. The van der Waals surface area contributed by atoms with Crippen LogP contribution in [0.25, 0.3) is 0 Å². The van der Waals surface area contributed by atoms with Crippen molar-refractivity contribution in [1.29, 1.82) is 0 Å². The molecule has 1 rings (SSSR count). The minimum Gasteiger partial charge on any atom is -0.299 e. The Morgan fingerprint density at radius 2 is 1.94 bits per heavy atom. The van der Waals surface area contributed by atoms with Crippen molar-refractivity contribution in [2.24, 2.45) is 0 Å². The number of Topliss-reactive ketones (excluding diaryl/α,β-unsaturated/α-hetero) is 1. The molecule has 1 aromatic carbocycles. The second-order valence-electron chi connectivity index (χ2n) is 3.81. The average Bonchev–Trinajstić information content (AvgIpc) is 2.15. The van der Waals surface area contributed by atoms with Crippen LogP contribution < -0.4 is 0 Å². The first kappa shape index (κ1) is 13.7. The molecule has 0 unspecified atom stereocenters. The molecule has 0 aliphatic heterocycles. The number of rotatable bonds is 5. The van der Waals surface area contributed by atoms with Crippen molar-refractivity contribution in [3.05, 3.63) is 35.6 Å². The SMILES string of the molecule is O=C(CCCC(F)(F)F)Cc1cccc(F)c1. The summed E-state index contributed by atoms with van der Waals surface area (Å²) in [6.45, 7) is 0. The molecule has 1 nitrogen and oxygen atoms in total. The zero-order valence-electron chi connectivity index (χ0n) is 9.06. The Bertz CT molecular complexity index is 384. The zero-order valence-corrected chi connectivity index (χ0v) is 9.06. The van der Waals surface area contributed by atoms with E-state index in [9.17, 15) is 22.4 Å². The van der Waals surface area contributed by atoms with Gasteiger partial charge in [-0.05, 0) is 24.1 Å². The minimum atomic E-state index is -4.22. The maximum absolute atomic E-state index is 12.8. The Kier molecular flexibility index (Phi) is 4.66. The van der Waals surface area contributed by atoms with Gasteiger partial charge in [0, 0.05) is 19.3 Å². The van der Waals surface area contributed by atoms with Crippen LogP contribution in [-0.2, 0) is 11.2 Å². The third-order valence-corrected chi connectivity index (χ3v) is 2.21. The summed E-state index contributed by atoms with van der Waals surface area (Å²) in [7, 11) is 0. The van der Waals surface area contributed by atoms with Crippen LogP contribution in [0.4, 0.5) is 17.6 Å². The third kappa shape index (κ3) is 6.04. The summed E-state index contributed by atoms with van der Waals surface area (Å²) in [5.74, 6) is -0.759. The summed E-state index contributed by atoms with van der Waals surface area (Å²) in [5, 5.41) is 0. The number of carbonyl (C=O) groups is 1. The quantitative estimate of drug-likeness (QED) is 0.726. The summed E-state index contributed by atoms with van der Waals surface area (Å²) in [6.07, 6.45) is -5.54. The molecule has 0 bridgehead atoms. The van der Waals surface area contributed by atoms with Gasteiger partial charge in [0.2, 0.25) is 0 Å². The normalized spacial score (nSPS) is 11.5. The van der Waals surface area contributed by atoms with Gasteiger partial charge in [-0.15, -0.1) is 0 Å². The van der Waals surface area contributed by atoms with E-state index in [4.69, 9.17) is 0 Å². The highest BCUT2D eigenvalue weighted by atomic mass is 19.4. The highest BCUT2D eigenvalue weighted by molar-refractivity contribution is 5.80. The molecule has 0 amide bonds. The molecule has 94 valence electrons. The Labute approximate surface area is 96.4 Å². The summed E-state index contributed by atoms with van der Waals surface area (Å²) >= 11 is 0. The van der Waals surface area contributed by atoms with Gasteiger partial charge in [-0.2, -0.15) is 13.2 Å². The molecule has 0 atom stereocenters. The molecule has 0 radical (unpaired) electrons. The minimum absolute atomic E-state index is 0.0182. The molecule has 0 heterocycles. The topological polar surface area (TPSA) is 17.1 Å². The monoisotopic (exact) mass is 248 g/mol. The number of benzene rings is 1. The molecule has 5 heteroatoms. The maximum atomic E-state index is 12.8. The van der Waals surface area contributed by atoms with Crippen molar-refractivity contribution < 1.29 is 22.4 Å². The molecule has 0 N–H and O–H groups in total. The van der Waals surface area contributed by atoms with Gasteiger partial charge in [0.15, 0.2) is 0 Å². The fraction of sp³-hybridized carbons (Fsp3) is 0.417. The van der Waals surface area contributed by atoms with Crippen molar-refractivity contribution in [3.8, 4) is 0 Å². The predicted octanol–water partition coefficient (Wildman–Crippen LogP) is 3.67. The van der Waals surface area contributed by atoms with Crippen LogP contribution in [0.3, 0.4) is 0 Å². The van der Waals surface area contributed by atoms with Gasteiger partial charge < -0.3 is 0 Å². The van der Waals surface area contributed by atoms with E-state index in [1.165, 1.54) is 18.2 Å². The molecule has 0 saturated heterocycles. The van der Waals surface area contributed by atoms with Crippen molar-refractivity contribution in [2.75, 3.05) is 0 Å². The number of ketones is 1. The smallest absolute Gasteiger partial charge is 0.299 e. The Morgan fingerprint density at radius 1 is 1.24 bits per heavy atom. The van der Waals surface area contributed by atoms with E-state index in [0.29, 0.717) is 5.56 Å². The van der Waals surface area contributed by atoms with Gasteiger partial charge >= 0.3 is 6.18 Å². The number of alkyl halides is 3. The van der Waals surface area contributed by atoms with Crippen molar-refractivity contribution in [3.63, 3.8) is 0 Å². The van der Waals surface area contributed by atoms with Crippen LogP contribution in [0.15, 0.2) is 24.3 Å². The van der Waals surface area contributed by atoms with E-state index < -0.39 is 18.4 Å². The Morgan fingerprint density at radius 3 is 2.53 bits per heavy atom. The summed E-state index contributed by atoms with van der Waals surface area (Å²) < 4.78 is 48.2. The number of carbonyl (C=O) groups excluding carboxylic acids is 1. The third-order valence-electron chi connectivity index (χ3n) is 2.21. The molecular formula is C12H12F4O. The van der Waals surface area contributed by atoms with Crippen LogP contribution >= 0.6 is 0 Å². The van der Waals surface area contributed by atoms with Crippen molar-refractivity contribution >= 4 is 5.78 Å². The number of hydrogen-bond donors (Lipinski definition) is 0. The van der Waals surface area contributed by atoms with Crippen molar-refractivity contribution in [2.45, 2.75) is 31.9 Å². The average molecular weight is 248 g/mol. The van der Waals surface area contributed by atoms with E-state index in [-0.39, 0.29) is 25.0 Å². The van der Waals surface area contributed by atoms with E-state index in [2.05, 4.69) is 0 Å². The Balaban J connectivity index is 2.35. The summed E-state index contributed by atoms with van der Waals surface area (Å²) in [5.41, 5.74) is 0.488. The van der Waals surface area contributed by atoms with Gasteiger partial charge in [0.25, 0.3) is 0 Å². The van der Waals surface area contributed by atoms with Crippen LogP contribution in [0.1, 0.15) is 24.8 Å². The standard InChI is InChI=1S/C12H12F4O/c13-10-4-1-3-9(7-10)8-11(17)5-2-6-12(14,15)16/h1,3-4,7H,2,5-6,8H2. The first-order chi connectivity index (χ1) is 7.87. The first-order valence-electron chi connectivity index (χ1n) is 5.20. The molecule has 17 heavy (non-hydrogen) atoms. The number of hydrogen-bond acceptors (Lipinski definition) is 1. The van der Waals surface area contributed by atoms with Crippen LogP contribution in [-0.4, -0.2) is 12.0 Å². The maximum Gasteiger partial charge on any atom is 0.389 e. The van der Waals surface area contributed by atoms with Crippen molar-refractivity contribution in [1.82, 2.24) is 0 Å². The lowest BCUT2D eigenvalue weighted by Gasteiger charge is -2.05. The number of halogens is 4. The largest absolute Gasteiger partial charge is 0.389 e. The molecule has 0 aliphatic rings. The van der Waals surface area contributed by atoms with Gasteiger partial charge in [-0.25, -0.2) is 4.39 Å². The van der Waals surface area contributed by atoms with Gasteiger partial charge in [0.1, 0.15) is 11.6 Å². The van der Waals surface area contributed by atoms with Crippen LogP contribution in [0, 0.1) is 5.82 Å². The van der Waals surface area contributed by atoms with Crippen LogP contribution in [0.5, 0.6) is 0 Å². The lowest BCUT2D eigenvalue weighted by atomic mass is 10.0. The molecule has 0 saturated carbocycles. The molecule has 1 aromatic rings. The zero-order chi connectivity index (χ0) is 12.9. The molecular weight excluding hydrogens is 236 g/mol. The van der Waals surface area contributed by atoms with Gasteiger partial charge in [-0.1, -0.05) is 12.1 Å². The summed E-state index contributed by atoms with van der Waals surface area (Å²) in [4.78, 5) is 11.3. The fourth-order valence-corrected chi connectivity index (χ4v) is 1.45. The second kappa shape index (κ2) is 5.80. The highest BCUT2D eigenvalue weighted by Gasteiger charge is 2.26. The lowest BCUT2D eigenvalue weighted by molar-refractivity contribution is -0.137. The van der Waals surface area contributed by atoms with E-state index in [1.807, 2.05) is 0 Å². The molecule has 0 spiro atoms. The first-order valence-corrected chi connectivity index (χ1v) is 5.20. The van der Waals surface area contributed by atoms with Crippen LogP contribution in [0.2, 0.25) is 0 Å². The van der Waals surface area contributed by atoms with E-state index in [1.54, 1.807) is 6.07 Å². The molecule has 0 fully saturated rings. The lowest BCUT2D eigenvalue weighted by Crippen LogP contribution is -2.09. The Hall–Kier alpha value is -1.39. The fourth-order valence-electron chi connectivity index (χ4n) is 1.45. The van der Waals surface area contributed by atoms with Gasteiger partial charge in [-0.3, -0.25) is 4.79 Å². The molecule has 0 aliphatic carbocycles. The predicted molar refractivity (Wildman–Crippen MR) is 55.0 cm³/mol. The second-order valence-corrected chi connectivity index (χ2v) is 3.81.